The molecule has 0 spiro atoms. The molecule has 1 N–H and O–H groups in total. The molecule has 1 saturated heterocycles. The summed E-state index contributed by atoms with van der Waals surface area (Å²) in [4.78, 5) is 38.4. The average molecular weight is 396 g/mol. The van der Waals surface area contributed by atoms with Gasteiger partial charge in [-0.25, -0.2) is 8.78 Å². The summed E-state index contributed by atoms with van der Waals surface area (Å²) in [5.74, 6) is -3.61. The molecule has 1 aromatic carbocycles. The Kier molecular flexibility index (Phi) is 6.74. The fourth-order valence-electron chi connectivity index (χ4n) is 2.96. The number of nitrogens with one attached hydrogen (secondary N) is 1. The molecule has 2 rings (SSSR count). The average Bonchev–Trinajstić information content (AvgIpc) is 2.63. The van der Waals surface area contributed by atoms with Crippen LogP contribution >= 0.6 is 0 Å². The van der Waals surface area contributed by atoms with Crippen LogP contribution in [0.2, 0.25) is 0 Å². The van der Waals surface area contributed by atoms with Crippen molar-refractivity contribution in [2.24, 2.45) is 11.3 Å². The molecule has 1 heterocycles. The first-order valence-corrected chi connectivity index (χ1v) is 9.25. The quantitative estimate of drug-likeness (QED) is 0.794. The topological polar surface area (TPSA) is 75.7 Å². The Balaban J connectivity index is 1.87. The first-order chi connectivity index (χ1) is 13.0. The van der Waals surface area contributed by atoms with Crippen LogP contribution in [0.1, 0.15) is 40.5 Å². The summed E-state index contributed by atoms with van der Waals surface area (Å²) >= 11 is 0. The van der Waals surface area contributed by atoms with Crippen LogP contribution in [0, 0.1) is 23.0 Å². The molecule has 1 atom stereocenters. The second kappa shape index (κ2) is 8.67. The SMILES string of the molecule is C[C@H](OC(=O)C1CCN(C(=O)C(C)(C)C)CC1)C(=O)Nc1c(F)cccc1F. The lowest BCUT2D eigenvalue weighted by molar-refractivity contribution is -0.160. The van der Waals surface area contributed by atoms with Crippen molar-refractivity contribution in [2.45, 2.75) is 46.6 Å². The van der Waals surface area contributed by atoms with Crippen LogP contribution in [0.5, 0.6) is 0 Å². The molecule has 2 amide bonds. The maximum atomic E-state index is 13.6. The van der Waals surface area contributed by atoms with Crippen LogP contribution in [0.4, 0.5) is 14.5 Å². The van der Waals surface area contributed by atoms with Gasteiger partial charge in [0.25, 0.3) is 5.91 Å². The first-order valence-electron chi connectivity index (χ1n) is 9.25. The molecule has 1 aromatic rings. The highest BCUT2D eigenvalue weighted by Gasteiger charge is 2.34. The van der Waals surface area contributed by atoms with Crippen LogP contribution in [0.15, 0.2) is 18.2 Å². The Bertz CT molecular complexity index is 733. The molecular weight excluding hydrogens is 370 g/mol. The molecule has 8 heteroatoms. The van der Waals surface area contributed by atoms with E-state index in [2.05, 4.69) is 5.32 Å². The Morgan fingerprint density at radius 2 is 1.68 bits per heavy atom. The van der Waals surface area contributed by atoms with E-state index in [1.54, 1.807) is 4.90 Å². The molecule has 0 aliphatic carbocycles. The van der Waals surface area contributed by atoms with Crippen LogP contribution in [-0.4, -0.2) is 41.9 Å². The minimum atomic E-state index is -1.21. The summed E-state index contributed by atoms with van der Waals surface area (Å²) in [6.45, 7) is 7.75. The largest absolute Gasteiger partial charge is 0.452 e. The fraction of sp³-hybridized carbons (Fsp3) is 0.550. The predicted octanol–water partition coefficient (Wildman–Crippen LogP) is 3.12. The van der Waals surface area contributed by atoms with Gasteiger partial charge in [0.1, 0.15) is 17.3 Å². The minimum absolute atomic E-state index is 0.0268. The van der Waals surface area contributed by atoms with Gasteiger partial charge in [-0.1, -0.05) is 26.8 Å². The van der Waals surface area contributed by atoms with Gasteiger partial charge in [0.2, 0.25) is 5.91 Å². The van der Waals surface area contributed by atoms with E-state index in [-0.39, 0.29) is 5.91 Å². The van der Waals surface area contributed by atoms with Gasteiger partial charge in [-0.15, -0.1) is 0 Å². The van der Waals surface area contributed by atoms with Gasteiger partial charge in [0.15, 0.2) is 6.10 Å². The molecule has 1 aliphatic heterocycles. The number of hydrogen-bond acceptors (Lipinski definition) is 4. The van der Waals surface area contributed by atoms with Gasteiger partial charge in [-0.3, -0.25) is 14.4 Å². The number of hydrogen-bond donors (Lipinski definition) is 1. The maximum Gasteiger partial charge on any atom is 0.309 e. The van der Waals surface area contributed by atoms with Crippen molar-refractivity contribution >= 4 is 23.5 Å². The highest BCUT2D eigenvalue weighted by atomic mass is 19.1. The summed E-state index contributed by atoms with van der Waals surface area (Å²) in [5, 5.41) is 2.11. The number of rotatable bonds is 4. The number of amides is 2. The zero-order chi connectivity index (χ0) is 21.1. The normalized spacial score (nSPS) is 16.4. The van der Waals surface area contributed by atoms with E-state index in [9.17, 15) is 23.2 Å². The standard InChI is InChI=1S/C20H26F2N2O4/c1-12(17(25)23-16-14(21)6-5-7-15(16)22)28-18(26)13-8-10-24(11-9-13)19(27)20(2,3)4/h5-7,12-13H,8-11H2,1-4H3,(H,23,25)/t12-/m0/s1. The van der Waals surface area contributed by atoms with Crippen LogP contribution in [0.25, 0.3) is 0 Å². The van der Waals surface area contributed by atoms with Gasteiger partial charge >= 0.3 is 5.97 Å². The van der Waals surface area contributed by atoms with Crippen molar-refractivity contribution in [3.63, 3.8) is 0 Å². The van der Waals surface area contributed by atoms with E-state index in [0.717, 1.165) is 12.1 Å². The second-order valence-electron chi connectivity index (χ2n) is 7.98. The van der Waals surface area contributed by atoms with E-state index in [0.29, 0.717) is 25.9 Å². The number of nitrogens with zero attached hydrogens (tertiary/aromatic N) is 1. The number of para-hydroxylation sites is 1. The highest BCUT2D eigenvalue weighted by molar-refractivity contribution is 5.95. The molecular formula is C20H26F2N2O4. The lowest BCUT2D eigenvalue weighted by Crippen LogP contribution is -2.45. The lowest BCUT2D eigenvalue weighted by Gasteiger charge is -2.35. The number of benzene rings is 1. The third-order valence-corrected chi connectivity index (χ3v) is 4.63. The molecule has 0 radical (unpaired) electrons. The monoisotopic (exact) mass is 396 g/mol. The van der Waals surface area contributed by atoms with Crippen molar-refractivity contribution in [3.8, 4) is 0 Å². The Morgan fingerprint density at radius 1 is 1.14 bits per heavy atom. The molecule has 28 heavy (non-hydrogen) atoms. The van der Waals surface area contributed by atoms with Crippen molar-refractivity contribution in [2.75, 3.05) is 18.4 Å². The van der Waals surface area contributed by atoms with E-state index in [1.165, 1.54) is 13.0 Å². The molecule has 0 saturated carbocycles. The molecule has 1 aliphatic rings. The Labute approximate surface area is 163 Å². The molecule has 154 valence electrons. The van der Waals surface area contributed by atoms with Crippen LogP contribution in [-0.2, 0) is 19.1 Å². The summed E-state index contributed by atoms with van der Waals surface area (Å²) in [7, 11) is 0. The van der Waals surface area contributed by atoms with Crippen molar-refractivity contribution in [1.82, 2.24) is 4.90 Å². The number of piperidine rings is 1. The van der Waals surface area contributed by atoms with Gasteiger partial charge in [-0.05, 0) is 31.9 Å². The fourth-order valence-corrected chi connectivity index (χ4v) is 2.96. The Hall–Kier alpha value is -2.51. The summed E-state index contributed by atoms with van der Waals surface area (Å²) in [5.41, 5.74) is -1.06. The van der Waals surface area contributed by atoms with Crippen molar-refractivity contribution in [1.29, 1.82) is 0 Å². The number of likely N-dealkylation sites (tertiary alicyclic amines) is 1. The summed E-state index contributed by atoms with van der Waals surface area (Å²) in [6, 6.07) is 3.21. The second-order valence-corrected chi connectivity index (χ2v) is 7.98. The van der Waals surface area contributed by atoms with E-state index in [4.69, 9.17) is 4.74 Å². The smallest absolute Gasteiger partial charge is 0.309 e. The Morgan fingerprint density at radius 3 is 2.18 bits per heavy atom. The molecule has 0 aromatic heterocycles. The van der Waals surface area contributed by atoms with Gasteiger partial charge in [-0.2, -0.15) is 0 Å². The van der Waals surface area contributed by atoms with Gasteiger partial charge < -0.3 is 15.0 Å². The van der Waals surface area contributed by atoms with Crippen molar-refractivity contribution in [3.05, 3.63) is 29.8 Å². The number of carbonyl (C=O) groups excluding carboxylic acids is 3. The highest BCUT2D eigenvalue weighted by Crippen LogP contribution is 2.25. The minimum Gasteiger partial charge on any atom is -0.452 e. The van der Waals surface area contributed by atoms with Crippen LogP contribution in [0.3, 0.4) is 0 Å². The lowest BCUT2D eigenvalue weighted by atomic mass is 9.91. The zero-order valence-corrected chi connectivity index (χ0v) is 16.6. The third-order valence-electron chi connectivity index (χ3n) is 4.63. The summed E-state index contributed by atoms with van der Waals surface area (Å²) < 4.78 is 32.4. The number of ether oxygens (including phenoxy) is 1. The van der Waals surface area contributed by atoms with Gasteiger partial charge in [0, 0.05) is 18.5 Å². The molecule has 6 nitrogen and oxygen atoms in total. The number of carbonyl (C=O) groups is 3. The maximum absolute atomic E-state index is 13.6. The molecule has 0 bridgehead atoms. The first kappa shape index (κ1) is 21.8. The zero-order valence-electron chi connectivity index (χ0n) is 16.6. The van der Waals surface area contributed by atoms with E-state index >= 15 is 0 Å². The van der Waals surface area contributed by atoms with Crippen molar-refractivity contribution < 1.29 is 27.9 Å². The van der Waals surface area contributed by atoms with Gasteiger partial charge in [0.05, 0.1) is 5.92 Å². The predicted molar refractivity (Wildman–Crippen MR) is 99.3 cm³/mol. The number of halogens is 2. The summed E-state index contributed by atoms with van der Waals surface area (Å²) in [6.07, 6.45) is -0.325. The number of anilines is 1. The molecule has 1 fully saturated rings. The molecule has 0 unspecified atom stereocenters. The number of esters is 1. The third kappa shape index (κ3) is 5.27. The van der Waals surface area contributed by atoms with E-state index in [1.807, 2.05) is 20.8 Å². The van der Waals surface area contributed by atoms with E-state index < -0.39 is 46.6 Å². The van der Waals surface area contributed by atoms with Crippen LogP contribution < -0.4 is 5.32 Å².